The number of rotatable bonds is 1. The van der Waals surface area contributed by atoms with Gasteiger partial charge in [0.2, 0.25) is 5.91 Å². The van der Waals surface area contributed by atoms with Crippen LogP contribution in [0, 0.1) is 5.92 Å². The van der Waals surface area contributed by atoms with Gasteiger partial charge in [0.05, 0.1) is 6.10 Å². The molecule has 1 amide bonds. The van der Waals surface area contributed by atoms with E-state index in [-0.39, 0.29) is 17.9 Å². The zero-order chi connectivity index (χ0) is 8.43. The van der Waals surface area contributed by atoms with E-state index in [4.69, 9.17) is 5.11 Å². The SMILES string of the molecule is CN(C)C(=O)[C@@H]1CC[C@@H](O)C1. The zero-order valence-electron chi connectivity index (χ0n) is 7.08. The second-order valence-electron chi connectivity index (χ2n) is 3.40. The molecule has 0 saturated heterocycles. The molecule has 1 N–H and O–H groups in total. The van der Waals surface area contributed by atoms with Gasteiger partial charge < -0.3 is 10.0 Å². The molecule has 0 aromatic heterocycles. The Morgan fingerprint density at radius 1 is 1.45 bits per heavy atom. The van der Waals surface area contributed by atoms with Gasteiger partial charge in [-0.2, -0.15) is 0 Å². The number of hydrogen-bond acceptors (Lipinski definition) is 2. The molecule has 1 fully saturated rings. The standard InChI is InChI=1S/C8H15NO2/c1-9(2)8(11)6-3-4-7(10)5-6/h6-7,10H,3-5H2,1-2H3/t6-,7-/m1/s1. The number of amides is 1. The van der Waals surface area contributed by atoms with Gasteiger partial charge in [0.1, 0.15) is 0 Å². The van der Waals surface area contributed by atoms with Crippen LogP contribution >= 0.6 is 0 Å². The molecule has 1 aliphatic carbocycles. The first-order valence-corrected chi connectivity index (χ1v) is 4.00. The number of carbonyl (C=O) groups is 1. The lowest BCUT2D eigenvalue weighted by atomic mass is 10.1. The van der Waals surface area contributed by atoms with E-state index >= 15 is 0 Å². The maximum Gasteiger partial charge on any atom is 0.225 e. The molecule has 0 aromatic carbocycles. The van der Waals surface area contributed by atoms with E-state index in [1.54, 1.807) is 19.0 Å². The first-order valence-electron chi connectivity index (χ1n) is 4.00. The van der Waals surface area contributed by atoms with Crippen molar-refractivity contribution in [2.24, 2.45) is 5.92 Å². The fraction of sp³-hybridized carbons (Fsp3) is 0.875. The zero-order valence-corrected chi connectivity index (χ0v) is 7.08. The highest BCUT2D eigenvalue weighted by molar-refractivity contribution is 5.78. The van der Waals surface area contributed by atoms with E-state index in [2.05, 4.69) is 0 Å². The van der Waals surface area contributed by atoms with E-state index in [0.29, 0.717) is 6.42 Å². The lowest BCUT2D eigenvalue weighted by Crippen LogP contribution is -2.28. The van der Waals surface area contributed by atoms with Gasteiger partial charge in [-0.15, -0.1) is 0 Å². The molecule has 1 saturated carbocycles. The van der Waals surface area contributed by atoms with Crippen LogP contribution in [0.2, 0.25) is 0 Å². The van der Waals surface area contributed by atoms with E-state index in [9.17, 15) is 4.79 Å². The summed E-state index contributed by atoms with van der Waals surface area (Å²) >= 11 is 0. The van der Waals surface area contributed by atoms with Gasteiger partial charge in [0.15, 0.2) is 0 Å². The Labute approximate surface area is 67.0 Å². The molecular formula is C8H15NO2. The third-order valence-electron chi connectivity index (χ3n) is 2.19. The van der Waals surface area contributed by atoms with Crippen LogP contribution in [0.4, 0.5) is 0 Å². The van der Waals surface area contributed by atoms with E-state index in [1.165, 1.54) is 0 Å². The summed E-state index contributed by atoms with van der Waals surface area (Å²) in [5.74, 6) is 0.224. The summed E-state index contributed by atoms with van der Waals surface area (Å²) in [4.78, 5) is 12.9. The highest BCUT2D eigenvalue weighted by Gasteiger charge is 2.29. The first-order chi connectivity index (χ1) is 5.11. The molecule has 2 atom stereocenters. The molecule has 0 aliphatic heterocycles. The minimum absolute atomic E-state index is 0.0694. The summed E-state index contributed by atoms with van der Waals surface area (Å²) in [5.41, 5.74) is 0. The molecule has 0 heterocycles. The van der Waals surface area contributed by atoms with Gasteiger partial charge in [-0.1, -0.05) is 0 Å². The molecule has 0 bridgehead atoms. The Hall–Kier alpha value is -0.570. The molecular weight excluding hydrogens is 142 g/mol. The molecule has 11 heavy (non-hydrogen) atoms. The van der Waals surface area contributed by atoms with Crippen LogP contribution < -0.4 is 0 Å². The van der Waals surface area contributed by atoms with Gasteiger partial charge in [0, 0.05) is 20.0 Å². The van der Waals surface area contributed by atoms with Crippen molar-refractivity contribution in [2.75, 3.05) is 14.1 Å². The van der Waals surface area contributed by atoms with Gasteiger partial charge in [-0.3, -0.25) is 4.79 Å². The topological polar surface area (TPSA) is 40.5 Å². The number of aliphatic hydroxyl groups excluding tert-OH is 1. The van der Waals surface area contributed by atoms with Crippen LogP contribution in [0.15, 0.2) is 0 Å². The molecule has 0 radical (unpaired) electrons. The lowest BCUT2D eigenvalue weighted by Gasteiger charge is -2.15. The Balaban J connectivity index is 2.43. The molecule has 0 spiro atoms. The Kier molecular flexibility index (Phi) is 2.49. The highest BCUT2D eigenvalue weighted by Crippen LogP contribution is 2.26. The Morgan fingerprint density at radius 3 is 2.45 bits per heavy atom. The van der Waals surface area contributed by atoms with Crippen molar-refractivity contribution in [2.45, 2.75) is 25.4 Å². The molecule has 64 valence electrons. The number of carbonyl (C=O) groups excluding carboxylic acids is 1. The predicted octanol–water partition coefficient (Wildman–Crippen LogP) is 0.236. The van der Waals surface area contributed by atoms with Crippen LogP contribution in [0.5, 0.6) is 0 Å². The van der Waals surface area contributed by atoms with Crippen molar-refractivity contribution in [1.29, 1.82) is 0 Å². The fourth-order valence-corrected chi connectivity index (χ4v) is 1.55. The Morgan fingerprint density at radius 2 is 2.09 bits per heavy atom. The molecule has 3 heteroatoms. The number of nitrogens with zero attached hydrogens (tertiary/aromatic N) is 1. The van der Waals surface area contributed by atoms with E-state index < -0.39 is 0 Å². The third kappa shape index (κ3) is 1.93. The summed E-state index contributed by atoms with van der Waals surface area (Å²) in [6, 6.07) is 0. The highest BCUT2D eigenvalue weighted by atomic mass is 16.3. The predicted molar refractivity (Wildman–Crippen MR) is 42.0 cm³/mol. The largest absolute Gasteiger partial charge is 0.393 e. The molecule has 0 aromatic rings. The van der Waals surface area contributed by atoms with Crippen LogP contribution in [-0.2, 0) is 4.79 Å². The number of aliphatic hydroxyl groups is 1. The van der Waals surface area contributed by atoms with Crippen molar-refractivity contribution < 1.29 is 9.90 Å². The molecule has 1 rings (SSSR count). The van der Waals surface area contributed by atoms with E-state index in [1.807, 2.05) is 0 Å². The molecule has 1 aliphatic rings. The maximum absolute atomic E-state index is 11.3. The minimum atomic E-state index is -0.246. The van der Waals surface area contributed by atoms with Crippen LogP contribution in [0.25, 0.3) is 0 Å². The van der Waals surface area contributed by atoms with Crippen molar-refractivity contribution in [3.63, 3.8) is 0 Å². The smallest absolute Gasteiger partial charge is 0.225 e. The van der Waals surface area contributed by atoms with Crippen molar-refractivity contribution in [3.05, 3.63) is 0 Å². The second-order valence-corrected chi connectivity index (χ2v) is 3.40. The summed E-state index contributed by atoms with van der Waals surface area (Å²) in [5, 5.41) is 9.16. The lowest BCUT2D eigenvalue weighted by molar-refractivity contribution is -0.132. The van der Waals surface area contributed by atoms with Crippen molar-refractivity contribution >= 4 is 5.91 Å². The first kappa shape index (κ1) is 8.53. The Bertz CT molecular complexity index is 156. The normalized spacial score (nSPS) is 30.5. The van der Waals surface area contributed by atoms with Crippen LogP contribution in [-0.4, -0.2) is 36.1 Å². The average molecular weight is 157 g/mol. The van der Waals surface area contributed by atoms with Crippen molar-refractivity contribution in [1.82, 2.24) is 4.90 Å². The molecule has 0 unspecified atom stereocenters. The third-order valence-corrected chi connectivity index (χ3v) is 2.19. The van der Waals surface area contributed by atoms with Crippen LogP contribution in [0.3, 0.4) is 0 Å². The summed E-state index contributed by atoms with van der Waals surface area (Å²) in [6.45, 7) is 0. The van der Waals surface area contributed by atoms with Crippen molar-refractivity contribution in [3.8, 4) is 0 Å². The van der Waals surface area contributed by atoms with Gasteiger partial charge in [0.25, 0.3) is 0 Å². The van der Waals surface area contributed by atoms with Gasteiger partial charge >= 0.3 is 0 Å². The quantitative estimate of drug-likeness (QED) is 0.592. The summed E-state index contributed by atoms with van der Waals surface area (Å²) in [6.07, 6.45) is 2.03. The molecule has 3 nitrogen and oxygen atoms in total. The number of hydrogen-bond donors (Lipinski definition) is 1. The minimum Gasteiger partial charge on any atom is -0.393 e. The summed E-state index contributed by atoms with van der Waals surface area (Å²) < 4.78 is 0. The second kappa shape index (κ2) is 3.22. The van der Waals surface area contributed by atoms with Gasteiger partial charge in [-0.25, -0.2) is 0 Å². The fourth-order valence-electron chi connectivity index (χ4n) is 1.55. The summed E-state index contributed by atoms with van der Waals surface area (Å²) in [7, 11) is 3.51. The van der Waals surface area contributed by atoms with Gasteiger partial charge in [-0.05, 0) is 19.3 Å². The maximum atomic E-state index is 11.3. The van der Waals surface area contributed by atoms with E-state index in [0.717, 1.165) is 12.8 Å². The monoisotopic (exact) mass is 157 g/mol. The van der Waals surface area contributed by atoms with Crippen LogP contribution in [0.1, 0.15) is 19.3 Å². The average Bonchev–Trinajstić information content (AvgIpc) is 2.34.